The number of benzene rings is 2. The second-order valence-electron chi connectivity index (χ2n) is 6.21. The number of hydrogen-bond acceptors (Lipinski definition) is 4. The molecule has 0 spiro atoms. The van der Waals surface area contributed by atoms with Crippen LogP contribution in [0.3, 0.4) is 0 Å². The number of rotatable bonds is 3. The summed E-state index contributed by atoms with van der Waals surface area (Å²) in [5, 5.41) is 4.16. The SMILES string of the molecule is Cc1cccc(NC(=O)c2cc3ccccc3oc2=Nc2cccc(Cl)c2)n1. The highest BCUT2D eigenvalue weighted by atomic mass is 35.5. The minimum absolute atomic E-state index is 0.200. The van der Waals surface area contributed by atoms with Gasteiger partial charge in [-0.2, -0.15) is 0 Å². The normalized spacial score (nSPS) is 11.6. The van der Waals surface area contributed by atoms with Gasteiger partial charge >= 0.3 is 0 Å². The van der Waals surface area contributed by atoms with Gasteiger partial charge in [-0.15, -0.1) is 0 Å². The van der Waals surface area contributed by atoms with Gasteiger partial charge < -0.3 is 9.73 Å². The Labute approximate surface area is 166 Å². The van der Waals surface area contributed by atoms with Crippen LogP contribution in [0.4, 0.5) is 11.5 Å². The predicted molar refractivity (Wildman–Crippen MR) is 110 cm³/mol. The summed E-state index contributed by atoms with van der Waals surface area (Å²) in [7, 11) is 0. The summed E-state index contributed by atoms with van der Waals surface area (Å²) in [6.07, 6.45) is 0. The summed E-state index contributed by atoms with van der Waals surface area (Å²) in [4.78, 5) is 21.8. The Balaban J connectivity index is 1.84. The van der Waals surface area contributed by atoms with Crippen LogP contribution >= 0.6 is 11.6 Å². The van der Waals surface area contributed by atoms with Crippen LogP contribution in [0.2, 0.25) is 5.02 Å². The second-order valence-corrected chi connectivity index (χ2v) is 6.65. The van der Waals surface area contributed by atoms with E-state index in [9.17, 15) is 4.79 Å². The molecule has 5 nitrogen and oxygen atoms in total. The molecule has 0 aliphatic heterocycles. The molecule has 1 amide bonds. The van der Waals surface area contributed by atoms with Crippen molar-refractivity contribution in [2.45, 2.75) is 6.92 Å². The molecule has 0 radical (unpaired) electrons. The predicted octanol–water partition coefficient (Wildman–Crippen LogP) is 5.27. The molecule has 0 saturated heterocycles. The summed E-state index contributed by atoms with van der Waals surface area (Å²) in [6, 6.07) is 21.7. The molecule has 6 heteroatoms. The lowest BCUT2D eigenvalue weighted by molar-refractivity contribution is 0.102. The second kappa shape index (κ2) is 7.66. The van der Waals surface area contributed by atoms with E-state index in [1.165, 1.54) is 0 Å². The number of carbonyl (C=O) groups is 1. The Morgan fingerprint density at radius 1 is 1.04 bits per heavy atom. The highest BCUT2D eigenvalue weighted by molar-refractivity contribution is 6.30. The zero-order valence-corrected chi connectivity index (χ0v) is 15.8. The topological polar surface area (TPSA) is 67.5 Å². The molecule has 4 aromatic rings. The van der Waals surface area contributed by atoms with E-state index in [1.807, 2.05) is 43.3 Å². The van der Waals surface area contributed by atoms with Crippen molar-refractivity contribution in [2.75, 3.05) is 5.32 Å². The van der Waals surface area contributed by atoms with Crippen molar-refractivity contribution >= 4 is 40.0 Å². The van der Waals surface area contributed by atoms with Gasteiger partial charge in [0, 0.05) is 16.1 Å². The zero-order valence-electron chi connectivity index (χ0n) is 15.0. The van der Waals surface area contributed by atoms with Crippen LogP contribution in [0.5, 0.6) is 0 Å². The fraction of sp³-hybridized carbons (Fsp3) is 0.0455. The smallest absolute Gasteiger partial charge is 0.262 e. The van der Waals surface area contributed by atoms with Crippen molar-refractivity contribution in [2.24, 2.45) is 4.99 Å². The number of nitrogens with zero attached hydrogens (tertiary/aromatic N) is 2. The standard InChI is InChI=1S/C22H16ClN3O2/c1-14-6-4-11-20(24-14)26-21(27)18-12-15-7-2-3-10-19(15)28-22(18)25-17-9-5-8-16(23)13-17/h2-13H,1H3,(H,24,26,27). The van der Waals surface area contributed by atoms with Crippen molar-refractivity contribution in [3.8, 4) is 0 Å². The molecule has 138 valence electrons. The Bertz CT molecular complexity index is 1250. The molecule has 1 N–H and O–H groups in total. The minimum atomic E-state index is -0.353. The quantitative estimate of drug-likeness (QED) is 0.518. The van der Waals surface area contributed by atoms with Crippen molar-refractivity contribution in [3.05, 3.63) is 94.6 Å². The van der Waals surface area contributed by atoms with Crippen molar-refractivity contribution in [1.29, 1.82) is 0 Å². The molecule has 28 heavy (non-hydrogen) atoms. The third-order valence-electron chi connectivity index (χ3n) is 4.07. The Morgan fingerprint density at radius 2 is 1.86 bits per heavy atom. The van der Waals surface area contributed by atoms with Gasteiger partial charge in [0.2, 0.25) is 5.55 Å². The molecule has 2 aromatic carbocycles. The molecular weight excluding hydrogens is 374 g/mol. The Kier molecular flexibility index (Phi) is 4.91. The Morgan fingerprint density at radius 3 is 2.68 bits per heavy atom. The first-order valence-electron chi connectivity index (χ1n) is 8.67. The van der Waals surface area contributed by atoms with Crippen LogP contribution in [-0.4, -0.2) is 10.9 Å². The lowest BCUT2D eigenvalue weighted by Crippen LogP contribution is -2.22. The monoisotopic (exact) mass is 389 g/mol. The van der Waals surface area contributed by atoms with Crippen LogP contribution in [0.15, 0.2) is 82.2 Å². The summed E-state index contributed by atoms with van der Waals surface area (Å²) < 4.78 is 5.93. The third-order valence-corrected chi connectivity index (χ3v) is 4.30. The van der Waals surface area contributed by atoms with Crippen molar-refractivity contribution in [1.82, 2.24) is 4.98 Å². The average Bonchev–Trinajstić information content (AvgIpc) is 2.67. The summed E-state index contributed by atoms with van der Waals surface area (Å²) in [5.41, 5.74) is 2.54. The van der Waals surface area contributed by atoms with E-state index >= 15 is 0 Å². The summed E-state index contributed by atoms with van der Waals surface area (Å²) in [6.45, 7) is 1.86. The van der Waals surface area contributed by atoms with E-state index in [4.69, 9.17) is 16.0 Å². The summed E-state index contributed by atoms with van der Waals surface area (Å²) in [5.74, 6) is 0.111. The number of pyridine rings is 1. The molecule has 0 fully saturated rings. The number of fused-ring (bicyclic) bond motifs is 1. The van der Waals surface area contributed by atoms with Gasteiger partial charge in [-0.1, -0.05) is 41.9 Å². The number of aryl methyl sites for hydroxylation is 1. The number of nitrogens with one attached hydrogen (secondary N) is 1. The maximum atomic E-state index is 12.9. The number of anilines is 1. The maximum Gasteiger partial charge on any atom is 0.262 e. The number of hydrogen-bond donors (Lipinski definition) is 1. The molecule has 0 unspecified atom stereocenters. The first kappa shape index (κ1) is 17.9. The van der Waals surface area contributed by atoms with Gasteiger partial charge in [0.25, 0.3) is 5.91 Å². The van der Waals surface area contributed by atoms with Gasteiger partial charge in [-0.3, -0.25) is 4.79 Å². The number of amides is 1. The van der Waals surface area contributed by atoms with Crippen LogP contribution in [0.1, 0.15) is 16.1 Å². The molecule has 0 atom stereocenters. The van der Waals surface area contributed by atoms with Crippen LogP contribution in [0.25, 0.3) is 11.0 Å². The lowest BCUT2D eigenvalue weighted by Gasteiger charge is -2.07. The molecular formula is C22H16ClN3O2. The first-order chi connectivity index (χ1) is 13.6. The molecule has 2 aromatic heterocycles. The van der Waals surface area contributed by atoms with Gasteiger partial charge in [0.15, 0.2) is 0 Å². The van der Waals surface area contributed by atoms with Gasteiger partial charge in [0.1, 0.15) is 17.0 Å². The molecule has 0 aliphatic rings. The van der Waals surface area contributed by atoms with Gasteiger partial charge in [0.05, 0.1) is 5.69 Å². The minimum Gasteiger partial charge on any atom is -0.438 e. The molecule has 2 heterocycles. The number of carbonyl (C=O) groups excluding carboxylic acids is 1. The highest BCUT2D eigenvalue weighted by Crippen LogP contribution is 2.19. The third kappa shape index (κ3) is 3.94. The van der Waals surface area contributed by atoms with Gasteiger partial charge in [-0.05, 0) is 49.4 Å². The summed E-state index contributed by atoms with van der Waals surface area (Å²) >= 11 is 6.05. The van der Waals surface area contributed by atoms with E-state index in [0.29, 0.717) is 27.7 Å². The number of halogens is 1. The van der Waals surface area contributed by atoms with Gasteiger partial charge in [-0.25, -0.2) is 9.98 Å². The van der Waals surface area contributed by atoms with Crippen LogP contribution in [-0.2, 0) is 0 Å². The number of para-hydroxylation sites is 1. The van der Waals surface area contributed by atoms with Crippen LogP contribution < -0.4 is 10.9 Å². The lowest BCUT2D eigenvalue weighted by atomic mass is 10.1. The maximum absolute atomic E-state index is 12.9. The van der Waals surface area contributed by atoms with Crippen molar-refractivity contribution in [3.63, 3.8) is 0 Å². The van der Waals surface area contributed by atoms with E-state index in [-0.39, 0.29) is 11.5 Å². The first-order valence-corrected chi connectivity index (χ1v) is 9.04. The number of aromatic nitrogens is 1. The fourth-order valence-corrected chi connectivity index (χ4v) is 2.96. The Hall–Kier alpha value is -3.44. The van der Waals surface area contributed by atoms with Crippen LogP contribution in [0, 0.1) is 6.92 Å². The van der Waals surface area contributed by atoms with E-state index in [1.54, 1.807) is 36.4 Å². The van der Waals surface area contributed by atoms with E-state index in [2.05, 4.69) is 15.3 Å². The zero-order chi connectivity index (χ0) is 19.5. The molecule has 4 rings (SSSR count). The average molecular weight is 390 g/mol. The molecule has 0 bridgehead atoms. The van der Waals surface area contributed by atoms with E-state index in [0.717, 1.165) is 11.1 Å². The van der Waals surface area contributed by atoms with E-state index < -0.39 is 0 Å². The fourth-order valence-electron chi connectivity index (χ4n) is 2.77. The molecule has 0 aliphatic carbocycles. The van der Waals surface area contributed by atoms with Crippen molar-refractivity contribution < 1.29 is 9.21 Å². The molecule has 0 saturated carbocycles. The largest absolute Gasteiger partial charge is 0.438 e. The highest BCUT2D eigenvalue weighted by Gasteiger charge is 2.13.